The van der Waals surface area contributed by atoms with Gasteiger partial charge in [0.15, 0.2) is 5.96 Å². The first-order chi connectivity index (χ1) is 8.34. The van der Waals surface area contributed by atoms with Crippen molar-refractivity contribution in [3.8, 4) is 5.75 Å². The van der Waals surface area contributed by atoms with Gasteiger partial charge in [0.05, 0.1) is 6.54 Å². The Hall–Kier alpha value is -1.71. The summed E-state index contributed by atoms with van der Waals surface area (Å²) >= 11 is 0. The van der Waals surface area contributed by atoms with Crippen molar-refractivity contribution < 1.29 is 4.74 Å². The molecule has 0 fully saturated rings. The highest BCUT2D eigenvalue weighted by Crippen LogP contribution is 2.11. The van der Waals surface area contributed by atoms with Crippen LogP contribution in [0.25, 0.3) is 0 Å². The van der Waals surface area contributed by atoms with Crippen molar-refractivity contribution in [1.82, 2.24) is 10.6 Å². The highest BCUT2D eigenvalue weighted by molar-refractivity contribution is 5.80. The van der Waals surface area contributed by atoms with Gasteiger partial charge in [0.1, 0.15) is 12.4 Å². The highest BCUT2D eigenvalue weighted by Gasteiger charge is 2.02. The summed E-state index contributed by atoms with van der Waals surface area (Å²) in [7, 11) is 0. The second kappa shape index (κ2) is 6.13. The molecule has 1 aromatic carbocycles. The van der Waals surface area contributed by atoms with Gasteiger partial charge < -0.3 is 15.4 Å². The van der Waals surface area contributed by atoms with Crippen LogP contribution >= 0.6 is 0 Å². The lowest BCUT2D eigenvalue weighted by molar-refractivity contribution is 0.321. The Balaban J connectivity index is 1.67. The van der Waals surface area contributed by atoms with Gasteiger partial charge in [-0.2, -0.15) is 0 Å². The zero-order valence-corrected chi connectivity index (χ0v) is 10.2. The van der Waals surface area contributed by atoms with Gasteiger partial charge in [-0.05, 0) is 31.0 Å². The van der Waals surface area contributed by atoms with Gasteiger partial charge in [-0.1, -0.05) is 12.1 Å². The van der Waals surface area contributed by atoms with E-state index in [2.05, 4.69) is 28.6 Å². The second-order valence-electron chi connectivity index (χ2n) is 4.10. The lowest BCUT2D eigenvalue weighted by atomic mass is 10.2. The number of guanidine groups is 1. The lowest BCUT2D eigenvalue weighted by Crippen LogP contribution is -2.42. The number of hydrogen-bond donors (Lipinski definition) is 2. The fraction of sp³-hybridized carbons (Fsp3) is 0.462. The maximum absolute atomic E-state index is 5.63. The van der Waals surface area contributed by atoms with Crippen molar-refractivity contribution in [3.05, 3.63) is 29.8 Å². The molecule has 1 aliphatic rings. The summed E-state index contributed by atoms with van der Waals surface area (Å²) in [4.78, 5) is 4.33. The van der Waals surface area contributed by atoms with Gasteiger partial charge >= 0.3 is 0 Å². The SMILES string of the molecule is Cc1cccc(OCCNC2=NCCCN2)c1. The molecule has 2 N–H and O–H groups in total. The quantitative estimate of drug-likeness (QED) is 0.771. The third-order valence-electron chi connectivity index (χ3n) is 2.55. The fourth-order valence-corrected chi connectivity index (χ4v) is 1.69. The molecule has 4 heteroatoms. The van der Waals surface area contributed by atoms with Gasteiger partial charge in [0.2, 0.25) is 0 Å². The molecule has 1 heterocycles. The van der Waals surface area contributed by atoms with Crippen LogP contribution in [-0.2, 0) is 0 Å². The molecule has 0 aromatic heterocycles. The molecule has 2 rings (SSSR count). The van der Waals surface area contributed by atoms with E-state index < -0.39 is 0 Å². The summed E-state index contributed by atoms with van der Waals surface area (Å²) in [5.41, 5.74) is 1.22. The van der Waals surface area contributed by atoms with E-state index in [9.17, 15) is 0 Å². The number of nitrogens with zero attached hydrogens (tertiary/aromatic N) is 1. The van der Waals surface area contributed by atoms with Crippen LogP contribution < -0.4 is 15.4 Å². The number of ether oxygens (including phenoxy) is 1. The average molecular weight is 233 g/mol. The predicted molar refractivity (Wildman–Crippen MR) is 69.6 cm³/mol. The average Bonchev–Trinajstić information content (AvgIpc) is 2.36. The Morgan fingerprint density at radius 3 is 3.18 bits per heavy atom. The molecular formula is C13H19N3O. The summed E-state index contributed by atoms with van der Waals surface area (Å²) in [6.07, 6.45) is 1.12. The molecule has 0 saturated carbocycles. The van der Waals surface area contributed by atoms with E-state index in [1.54, 1.807) is 0 Å². The molecule has 0 unspecified atom stereocenters. The van der Waals surface area contributed by atoms with Crippen molar-refractivity contribution in [2.45, 2.75) is 13.3 Å². The Morgan fingerprint density at radius 2 is 2.41 bits per heavy atom. The van der Waals surface area contributed by atoms with E-state index in [4.69, 9.17) is 4.74 Å². The zero-order valence-electron chi connectivity index (χ0n) is 10.2. The van der Waals surface area contributed by atoms with Crippen LogP contribution in [-0.4, -0.2) is 32.2 Å². The highest BCUT2D eigenvalue weighted by atomic mass is 16.5. The van der Waals surface area contributed by atoms with E-state index in [1.165, 1.54) is 5.56 Å². The maximum Gasteiger partial charge on any atom is 0.191 e. The van der Waals surface area contributed by atoms with Crippen LogP contribution in [0, 0.1) is 6.92 Å². The number of aliphatic imine (C=N–C) groups is 1. The molecule has 0 radical (unpaired) electrons. The Kier molecular flexibility index (Phi) is 4.24. The summed E-state index contributed by atoms with van der Waals surface area (Å²) in [6.45, 7) is 5.38. The Bertz CT molecular complexity index is 390. The summed E-state index contributed by atoms with van der Waals surface area (Å²) in [5, 5.41) is 6.43. The Morgan fingerprint density at radius 1 is 1.47 bits per heavy atom. The minimum absolute atomic E-state index is 0.643. The number of rotatable bonds is 4. The monoisotopic (exact) mass is 233 g/mol. The van der Waals surface area contributed by atoms with Gasteiger partial charge in [-0.25, -0.2) is 0 Å². The molecule has 0 saturated heterocycles. The van der Waals surface area contributed by atoms with Crippen LogP contribution in [0.4, 0.5) is 0 Å². The first-order valence-electron chi connectivity index (χ1n) is 6.06. The summed E-state index contributed by atoms with van der Waals surface area (Å²) in [5.74, 6) is 1.81. The molecule has 1 aliphatic heterocycles. The van der Waals surface area contributed by atoms with Crippen molar-refractivity contribution in [3.63, 3.8) is 0 Å². The first-order valence-corrected chi connectivity index (χ1v) is 6.06. The van der Waals surface area contributed by atoms with E-state index in [1.807, 2.05) is 18.2 Å². The van der Waals surface area contributed by atoms with Crippen molar-refractivity contribution in [1.29, 1.82) is 0 Å². The van der Waals surface area contributed by atoms with E-state index in [-0.39, 0.29) is 0 Å². The van der Waals surface area contributed by atoms with E-state index >= 15 is 0 Å². The Labute approximate surface area is 102 Å². The minimum Gasteiger partial charge on any atom is -0.492 e. The summed E-state index contributed by atoms with van der Waals surface area (Å²) < 4.78 is 5.63. The molecule has 0 bridgehead atoms. The summed E-state index contributed by atoms with van der Waals surface area (Å²) in [6, 6.07) is 8.08. The van der Waals surface area contributed by atoms with Crippen molar-refractivity contribution >= 4 is 5.96 Å². The van der Waals surface area contributed by atoms with Crippen LogP contribution in [0.3, 0.4) is 0 Å². The van der Waals surface area contributed by atoms with Gasteiger partial charge in [-0.15, -0.1) is 0 Å². The number of benzene rings is 1. The smallest absolute Gasteiger partial charge is 0.191 e. The standard InChI is InChI=1S/C13H19N3O/c1-11-4-2-5-12(10-11)17-9-8-16-13-14-6-3-7-15-13/h2,4-5,10H,3,6-9H2,1H3,(H2,14,15,16). The minimum atomic E-state index is 0.643. The lowest BCUT2D eigenvalue weighted by Gasteiger charge is -2.16. The molecule has 0 spiro atoms. The molecule has 0 aliphatic carbocycles. The van der Waals surface area contributed by atoms with Gasteiger partial charge in [-0.3, -0.25) is 4.99 Å². The molecule has 92 valence electrons. The third-order valence-corrected chi connectivity index (χ3v) is 2.55. The fourth-order valence-electron chi connectivity index (χ4n) is 1.69. The number of aryl methyl sites for hydroxylation is 1. The zero-order chi connectivity index (χ0) is 11.9. The van der Waals surface area contributed by atoms with Crippen molar-refractivity contribution in [2.75, 3.05) is 26.2 Å². The van der Waals surface area contributed by atoms with Crippen LogP contribution in [0.1, 0.15) is 12.0 Å². The van der Waals surface area contributed by atoms with Crippen LogP contribution in [0.5, 0.6) is 5.75 Å². The number of hydrogen-bond acceptors (Lipinski definition) is 4. The molecule has 4 nitrogen and oxygen atoms in total. The second-order valence-corrected chi connectivity index (χ2v) is 4.10. The molecular weight excluding hydrogens is 214 g/mol. The van der Waals surface area contributed by atoms with Gasteiger partial charge in [0.25, 0.3) is 0 Å². The van der Waals surface area contributed by atoms with Crippen LogP contribution in [0.15, 0.2) is 29.3 Å². The third kappa shape index (κ3) is 3.98. The predicted octanol–water partition coefficient (Wildman–Crippen LogP) is 1.31. The van der Waals surface area contributed by atoms with Crippen LogP contribution in [0.2, 0.25) is 0 Å². The maximum atomic E-state index is 5.63. The normalized spacial score (nSPS) is 14.8. The van der Waals surface area contributed by atoms with E-state index in [0.717, 1.165) is 37.8 Å². The topological polar surface area (TPSA) is 45.6 Å². The van der Waals surface area contributed by atoms with Gasteiger partial charge in [0, 0.05) is 13.1 Å². The first kappa shape index (κ1) is 11.8. The largest absolute Gasteiger partial charge is 0.492 e. The molecule has 0 amide bonds. The molecule has 0 atom stereocenters. The molecule has 1 aromatic rings. The van der Waals surface area contributed by atoms with E-state index in [0.29, 0.717) is 6.61 Å². The molecule has 17 heavy (non-hydrogen) atoms. The number of nitrogens with one attached hydrogen (secondary N) is 2. The van der Waals surface area contributed by atoms with Crippen molar-refractivity contribution in [2.24, 2.45) is 4.99 Å².